The molecule has 0 aliphatic carbocycles. The van der Waals surface area contributed by atoms with Gasteiger partial charge in [-0.05, 0) is 6.42 Å². The number of nitrogens with zero attached hydrogens (tertiary/aromatic N) is 2. The Bertz CT molecular complexity index is 236. The predicted octanol–water partition coefficient (Wildman–Crippen LogP) is -0.772. The van der Waals surface area contributed by atoms with Crippen molar-refractivity contribution < 1.29 is 14.7 Å². The summed E-state index contributed by atoms with van der Waals surface area (Å²) in [4.78, 5) is 13.1. The fourth-order valence-corrected chi connectivity index (χ4v) is 1.39. The van der Waals surface area contributed by atoms with Gasteiger partial charge in [0, 0.05) is 13.7 Å². The second kappa shape index (κ2) is 4.80. The molecule has 1 aliphatic heterocycles. The number of carbonyl (C=O) groups is 1. The molecule has 1 saturated heterocycles. The van der Waals surface area contributed by atoms with Gasteiger partial charge >= 0.3 is 0 Å². The predicted molar refractivity (Wildman–Crippen MR) is 50.0 cm³/mol. The zero-order valence-electron chi connectivity index (χ0n) is 8.14. The molecule has 0 aromatic heterocycles. The van der Waals surface area contributed by atoms with Crippen LogP contribution >= 0.6 is 0 Å². The number of oxime groups is 1. The molecule has 14 heavy (non-hydrogen) atoms. The van der Waals surface area contributed by atoms with Gasteiger partial charge in [0.2, 0.25) is 5.91 Å². The third kappa shape index (κ3) is 2.59. The number of carbonyl (C=O) groups excluding carboxylic acids is 1. The fourth-order valence-electron chi connectivity index (χ4n) is 1.39. The van der Waals surface area contributed by atoms with Crippen LogP contribution in [0.4, 0.5) is 0 Å². The van der Waals surface area contributed by atoms with E-state index in [-0.39, 0.29) is 24.2 Å². The normalized spacial score (nSPS) is 22.4. The van der Waals surface area contributed by atoms with Crippen molar-refractivity contribution in [3.05, 3.63) is 0 Å². The average molecular weight is 201 g/mol. The Kier molecular flexibility index (Phi) is 3.70. The maximum Gasteiger partial charge on any atom is 0.228 e. The van der Waals surface area contributed by atoms with Gasteiger partial charge in [-0.15, -0.1) is 0 Å². The number of likely N-dealkylation sites (N-methyl/N-ethyl adjacent to an activating group) is 1. The van der Waals surface area contributed by atoms with Crippen molar-refractivity contribution in [1.82, 2.24) is 4.90 Å². The first-order chi connectivity index (χ1) is 6.65. The van der Waals surface area contributed by atoms with Gasteiger partial charge in [0.1, 0.15) is 0 Å². The van der Waals surface area contributed by atoms with Crippen molar-refractivity contribution >= 4 is 11.7 Å². The van der Waals surface area contributed by atoms with Crippen LogP contribution in [0, 0.1) is 5.92 Å². The molecule has 1 aliphatic rings. The molecule has 1 unspecified atom stereocenters. The highest BCUT2D eigenvalue weighted by Gasteiger charge is 2.26. The van der Waals surface area contributed by atoms with Gasteiger partial charge in [0.15, 0.2) is 5.84 Å². The highest BCUT2D eigenvalue weighted by molar-refractivity contribution is 5.87. The van der Waals surface area contributed by atoms with E-state index in [0.29, 0.717) is 13.2 Å². The minimum absolute atomic E-state index is 0.0194. The average Bonchev–Trinajstić information content (AvgIpc) is 2.69. The lowest BCUT2D eigenvalue weighted by molar-refractivity contribution is -0.133. The van der Waals surface area contributed by atoms with Crippen molar-refractivity contribution in [2.75, 3.05) is 26.8 Å². The second-order valence-corrected chi connectivity index (χ2v) is 3.35. The van der Waals surface area contributed by atoms with Crippen LogP contribution in [-0.2, 0) is 9.53 Å². The van der Waals surface area contributed by atoms with Gasteiger partial charge in [-0.3, -0.25) is 4.79 Å². The van der Waals surface area contributed by atoms with E-state index in [2.05, 4.69) is 5.16 Å². The molecule has 1 amide bonds. The van der Waals surface area contributed by atoms with E-state index in [1.165, 1.54) is 4.90 Å². The minimum atomic E-state index is -0.0773. The van der Waals surface area contributed by atoms with E-state index in [1.807, 2.05) is 0 Å². The molecule has 6 nitrogen and oxygen atoms in total. The van der Waals surface area contributed by atoms with Gasteiger partial charge in [-0.1, -0.05) is 5.16 Å². The summed E-state index contributed by atoms with van der Waals surface area (Å²) in [6.45, 7) is 1.25. The van der Waals surface area contributed by atoms with E-state index in [0.717, 1.165) is 6.42 Å². The number of rotatable bonds is 3. The molecular formula is C8H15N3O3. The van der Waals surface area contributed by atoms with E-state index >= 15 is 0 Å². The van der Waals surface area contributed by atoms with E-state index in [1.54, 1.807) is 7.05 Å². The standard InChI is InChI=1S/C8H15N3O3/c1-11(4-7(9)10-13)8(12)6-2-3-14-5-6/h6,13H,2-5H2,1H3,(H2,9,10). The maximum absolute atomic E-state index is 11.7. The monoisotopic (exact) mass is 201 g/mol. The Morgan fingerprint density at radius 1 is 1.79 bits per heavy atom. The Balaban J connectivity index is 2.43. The molecule has 0 spiro atoms. The summed E-state index contributed by atoms with van der Waals surface area (Å²) < 4.78 is 5.10. The quantitative estimate of drug-likeness (QED) is 0.271. The molecule has 1 fully saturated rings. The SMILES string of the molecule is CN(CC(N)=NO)C(=O)C1CCOC1. The molecule has 80 valence electrons. The van der Waals surface area contributed by atoms with Crippen LogP contribution in [0.5, 0.6) is 0 Å². The summed E-state index contributed by atoms with van der Waals surface area (Å²) in [5.74, 6) is -0.0691. The van der Waals surface area contributed by atoms with E-state index in [4.69, 9.17) is 15.7 Å². The lowest BCUT2D eigenvalue weighted by Crippen LogP contribution is -2.39. The van der Waals surface area contributed by atoms with Crippen LogP contribution in [0.1, 0.15) is 6.42 Å². The molecule has 0 bridgehead atoms. The first-order valence-electron chi connectivity index (χ1n) is 4.44. The summed E-state index contributed by atoms with van der Waals surface area (Å²) in [6, 6.07) is 0. The summed E-state index contributed by atoms with van der Waals surface area (Å²) >= 11 is 0. The van der Waals surface area contributed by atoms with Crippen LogP contribution in [0.3, 0.4) is 0 Å². The van der Waals surface area contributed by atoms with E-state index in [9.17, 15) is 4.79 Å². The molecule has 6 heteroatoms. The molecular weight excluding hydrogens is 186 g/mol. The van der Waals surface area contributed by atoms with E-state index < -0.39 is 0 Å². The fraction of sp³-hybridized carbons (Fsp3) is 0.750. The summed E-state index contributed by atoms with van der Waals surface area (Å²) in [5.41, 5.74) is 5.29. The molecule has 3 N–H and O–H groups in total. The highest BCUT2D eigenvalue weighted by atomic mass is 16.5. The highest BCUT2D eigenvalue weighted by Crippen LogP contribution is 2.14. The zero-order chi connectivity index (χ0) is 10.6. The summed E-state index contributed by atoms with van der Waals surface area (Å²) in [5, 5.41) is 11.1. The van der Waals surface area contributed by atoms with Crippen LogP contribution in [0.25, 0.3) is 0 Å². The lowest BCUT2D eigenvalue weighted by Gasteiger charge is -2.19. The maximum atomic E-state index is 11.7. The number of hydrogen-bond acceptors (Lipinski definition) is 4. The number of hydrogen-bond donors (Lipinski definition) is 2. The number of amidine groups is 1. The number of ether oxygens (including phenoxy) is 1. The second-order valence-electron chi connectivity index (χ2n) is 3.35. The van der Waals surface area contributed by atoms with Crippen LogP contribution in [0.2, 0.25) is 0 Å². The summed E-state index contributed by atoms with van der Waals surface area (Å²) in [6.07, 6.45) is 0.749. The van der Waals surface area contributed by atoms with Gasteiger partial charge < -0.3 is 20.6 Å². The van der Waals surface area contributed by atoms with Gasteiger partial charge in [0.25, 0.3) is 0 Å². The first kappa shape index (κ1) is 10.8. The van der Waals surface area contributed by atoms with Gasteiger partial charge in [-0.2, -0.15) is 0 Å². The molecule has 0 saturated carbocycles. The molecule has 0 radical (unpaired) electrons. The number of amides is 1. The zero-order valence-corrected chi connectivity index (χ0v) is 8.14. The molecule has 0 aromatic rings. The topological polar surface area (TPSA) is 88.1 Å². The minimum Gasteiger partial charge on any atom is -0.409 e. The number of nitrogens with two attached hydrogens (primary N) is 1. The Labute approximate surface area is 82.3 Å². The summed E-state index contributed by atoms with van der Waals surface area (Å²) in [7, 11) is 1.62. The third-order valence-electron chi connectivity index (χ3n) is 2.18. The Hall–Kier alpha value is -1.30. The third-order valence-corrected chi connectivity index (χ3v) is 2.18. The lowest BCUT2D eigenvalue weighted by atomic mass is 10.1. The Morgan fingerprint density at radius 3 is 3.00 bits per heavy atom. The van der Waals surface area contributed by atoms with Crippen LogP contribution < -0.4 is 5.73 Å². The van der Waals surface area contributed by atoms with Crippen molar-refractivity contribution in [2.45, 2.75) is 6.42 Å². The van der Waals surface area contributed by atoms with Gasteiger partial charge in [0.05, 0.1) is 19.1 Å². The van der Waals surface area contributed by atoms with Crippen molar-refractivity contribution in [1.29, 1.82) is 0 Å². The Morgan fingerprint density at radius 2 is 2.50 bits per heavy atom. The van der Waals surface area contributed by atoms with Crippen molar-refractivity contribution in [3.8, 4) is 0 Å². The van der Waals surface area contributed by atoms with Crippen molar-refractivity contribution in [3.63, 3.8) is 0 Å². The largest absolute Gasteiger partial charge is 0.409 e. The van der Waals surface area contributed by atoms with Crippen LogP contribution in [-0.4, -0.2) is 48.7 Å². The molecule has 1 atom stereocenters. The molecule has 1 rings (SSSR count). The van der Waals surface area contributed by atoms with Crippen molar-refractivity contribution in [2.24, 2.45) is 16.8 Å². The van der Waals surface area contributed by atoms with Gasteiger partial charge in [-0.25, -0.2) is 0 Å². The smallest absolute Gasteiger partial charge is 0.228 e. The molecule has 1 heterocycles. The van der Waals surface area contributed by atoms with Crippen LogP contribution in [0.15, 0.2) is 5.16 Å². The molecule has 0 aromatic carbocycles. The first-order valence-corrected chi connectivity index (χ1v) is 4.44.